The van der Waals surface area contributed by atoms with Crippen LogP contribution in [0.15, 0.2) is 36.4 Å². The number of nitro benzene ring substituents is 1. The second-order valence-electron chi connectivity index (χ2n) is 5.27. The van der Waals surface area contributed by atoms with E-state index in [0.717, 1.165) is 12.1 Å². The van der Waals surface area contributed by atoms with Gasteiger partial charge in [-0.15, -0.1) is 0 Å². The van der Waals surface area contributed by atoms with E-state index >= 15 is 0 Å². The molecule has 1 amide bonds. The van der Waals surface area contributed by atoms with Crippen LogP contribution in [0.5, 0.6) is 11.5 Å². The highest BCUT2D eigenvalue weighted by Gasteiger charge is 2.16. The number of non-ortho nitro benzene ring substituents is 1. The first-order valence-electron chi connectivity index (χ1n) is 7.46. The molecule has 136 valence electrons. The molecule has 0 aliphatic rings. The molecular weight excluding hydrogens is 364 g/mol. The van der Waals surface area contributed by atoms with E-state index in [1.54, 1.807) is 12.1 Å². The number of phenols is 1. The summed E-state index contributed by atoms with van der Waals surface area (Å²) in [6.07, 6.45) is -0.249. The van der Waals surface area contributed by atoms with E-state index in [-0.39, 0.29) is 35.6 Å². The van der Waals surface area contributed by atoms with E-state index < -0.39 is 16.6 Å². The molecule has 0 radical (unpaired) electrons. The van der Waals surface area contributed by atoms with E-state index in [9.17, 15) is 24.8 Å². The minimum absolute atomic E-state index is 0.0217. The Hall–Kier alpha value is -3.13. The number of nitrogens with zero attached hydrogens (tertiary/aromatic N) is 1. The molecule has 0 spiro atoms. The lowest BCUT2D eigenvalue weighted by molar-refractivity contribution is -0.384. The van der Waals surface area contributed by atoms with Gasteiger partial charge < -0.3 is 15.2 Å². The number of Topliss-reactive ketones (excluding diaryl/α,β-unsaturated/α-hetero) is 1. The first-order chi connectivity index (χ1) is 12.3. The van der Waals surface area contributed by atoms with Crippen molar-refractivity contribution >= 4 is 34.7 Å². The maximum atomic E-state index is 12.3. The van der Waals surface area contributed by atoms with Gasteiger partial charge in [0.2, 0.25) is 5.91 Å². The molecule has 26 heavy (non-hydrogen) atoms. The highest BCUT2D eigenvalue weighted by molar-refractivity contribution is 6.31. The van der Waals surface area contributed by atoms with Crippen molar-refractivity contribution < 1.29 is 24.4 Å². The lowest BCUT2D eigenvalue weighted by Crippen LogP contribution is -2.14. The second-order valence-corrected chi connectivity index (χ2v) is 5.71. The number of carbonyl (C=O) groups is 2. The summed E-state index contributed by atoms with van der Waals surface area (Å²) in [7, 11) is 1.42. The van der Waals surface area contributed by atoms with Crippen molar-refractivity contribution in [1.29, 1.82) is 0 Å². The number of carbonyl (C=O) groups excluding carboxylic acids is 2. The summed E-state index contributed by atoms with van der Waals surface area (Å²) in [4.78, 5) is 34.2. The Kier molecular flexibility index (Phi) is 6.13. The number of ether oxygens (including phenoxy) is 1. The molecule has 0 heterocycles. The number of hydrogen-bond acceptors (Lipinski definition) is 6. The fraction of sp³-hybridized carbons (Fsp3) is 0.176. The number of phenolic OH excluding ortho intramolecular Hbond substituents is 1. The van der Waals surface area contributed by atoms with Crippen LogP contribution in [0.25, 0.3) is 0 Å². The molecule has 9 heteroatoms. The molecule has 0 aliphatic heterocycles. The Balaban J connectivity index is 2.00. The summed E-state index contributed by atoms with van der Waals surface area (Å²) in [5.41, 5.74) is -0.0110. The van der Waals surface area contributed by atoms with Crippen molar-refractivity contribution in [3.8, 4) is 11.5 Å². The average Bonchev–Trinajstić information content (AvgIpc) is 2.61. The molecule has 2 aromatic carbocycles. The minimum atomic E-state index is -0.664. The van der Waals surface area contributed by atoms with E-state index in [2.05, 4.69) is 5.32 Å². The standard InChI is InChI=1S/C17H15ClN2O6/c1-26-16-6-2-10(18)8-12(16)14(21)5-7-17(23)19-13-4-3-11(20(24)25)9-15(13)22/h2-4,6,8-9,22H,5,7H2,1H3,(H,19,23). The number of benzene rings is 2. The molecule has 0 saturated heterocycles. The van der Waals surface area contributed by atoms with Crippen molar-refractivity contribution in [2.24, 2.45) is 0 Å². The Bertz CT molecular complexity index is 868. The average molecular weight is 379 g/mol. The summed E-state index contributed by atoms with van der Waals surface area (Å²) >= 11 is 5.88. The number of halogens is 1. The van der Waals surface area contributed by atoms with Crippen LogP contribution in [0.4, 0.5) is 11.4 Å². The summed E-state index contributed by atoms with van der Waals surface area (Å²) in [5, 5.41) is 23.1. The molecule has 0 bridgehead atoms. The number of rotatable bonds is 7. The van der Waals surface area contributed by atoms with Crippen molar-refractivity contribution in [3.63, 3.8) is 0 Å². The molecule has 0 unspecified atom stereocenters. The van der Waals surface area contributed by atoms with Gasteiger partial charge in [0.05, 0.1) is 29.4 Å². The molecule has 2 rings (SSSR count). The topological polar surface area (TPSA) is 119 Å². The van der Waals surface area contributed by atoms with Gasteiger partial charge in [0, 0.05) is 23.9 Å². The molecule has 8 nitrogen and oxygen atoms in total. The van der Waals surface area contributed by atoms with Crippen LogP contribution in [0, 0.1) is 10.1 Å². The first-order valence-corrected chi connectivity index (χ1v) is 7.83. The Morgan fingerprint density at radius 1 is 1.23 bits per heavy atom. The lowest BCUT2D eigenvalue weighted by Gasteiger charge is -2.09. The van der Waals surface area contributed by atoms with E-state index in [1.165, 1.54) is 19.2 Å². The molecular formula is C17H15ClN2O6. The monoisotopic (exact) mass is 378 g/mol. The van der Waals surface area contributed by atoms with Gasteiger partial charge in [0.25, 0.3) is 5.69 Å². The Labute approximate surface area is 153 Å². The molecule has 0 atom stereocenters. The zero-order chi connectivity index (χ0) is 19.3. The van der Waals surface area contributed by atoms with Crippen LogP contribution in [-0.2, 0) is 4.79 Å². The number of nitro groups is 1. The van der Waals surface area contributed by atoms with Crippen molar-refractivity contribution in [2.45, 2.75) is 12.8 Å². The van der Waals surface area contributed by atoms with Crippen LogP contribution in [0.1, 0.15) is 23.2 Å². The number of anilines is 1. The summed E-state index contributed by atoms with van der Waals surface area (Å²) in [5.74, 6) is -0.931. The van der Waals surface area contributed by atoms with E-state index in [0.29, 0.717) is 10.8 Å². The maximum Gasteiger partial charge on any atom is 0.273 e. The van der Waals surface area contributed by atoms with E-state index in [1.807, 2.05) is 0 Å². The van der Waals surface area contributed by atoms with Gasteiger partial charge >= 0.3 is 0 Å². The highest BCUT2D eigenvalue weighted by atomic mass is 35.5. The van der Waals surface area contributed by atoms with Gasteiger partial charge in [-0.3, -0.25) is 19.7 Å². The van der Waals surface area contributed by atoms with Crippen molar-refractivity contribution in [1.82, 2.24) is 0 Å². The molecule has 0 fully saturated rings. The van der Waals surface area contributed by atoms with Gasteiger partial charge in [-0.25, -0.2) is 0 Å². The van der Waals surface area contributed by atoms with E-state index in [4.69, 9.17) is 16.3 Å². The second kappa shape index (κ2) is 8.30. The Morgan fingerprint density at radius 2 is 1.96 bits per heavy atom. The van der Waals surface area contributed by atoms with Crippen molar-refractivity contribution in [3.05, 3.63) is 57.1 Å². The third-order valence-corrected chi connectivity index (χ3v) is 3.74. The normalized spacial score (nSPS) is 10.2. The van der Waals surface area contributed by atoms with Gasteiger partial charge in [0.1, 0.15) is 11.5 Å². The Morgan fingerprint density at radius 3 is 2.58 bits per heavy atom. The molecule has 2 N–H and O–H groups in total. The summed E-state index contributed by atoms with van der Waals surface area (Å²) in [6, 6.07) is 7.90. The number of aromatic hydroxyl groups is 1. The van der Waals surface area contributed by atoms with Crippen LogP contribution in [0.2, 0.25) is 5.02 Å². The number of hydrogen-bond donors (Lipinski definition) is 2. The molecule has 0 aliphatic carbocycles. The molecule has 0 saturated carbocycles. The summed E-state index contributed by atoms with van der Waals surface area (Å²) < 4.78 is 5.10. The third kappa shape index (κ3) is 4.70. The fourth-order valence-electron chi connectivity index (χ4n) is 2.21. The zero-order valence-corrected chi connectivity index (χ0v) is 14.4. The van der Waals surface area contributed by atoms with Crippen LogP contribution < -0.4 is 10.1 Å². The van der Waals surface area contributed by atoms with Gasteiger partial charge in [-0.2, -0.15) is 0 Å². The predicted molar refractivity (Wildman–Crippen MR) is 95.0 cm³/mol. The maximum absolute atomic E-state index is 12.3. The number of methoxy groups -OCH3 is 1. The van der Waals surface area contributed by atoms with Gasteiger partial charge in [-0.1, -0.05) is 11.6 Å². The molecule has 2 aromatic rings. The highest BCUT2D eigenvalue weighted by Crippen LogP contribution is 2.28. The van der Waals surface area contributed by atoms with Gasteiger partial charge in [-0.05, 0) is 24.3 Å². The first kappa shape index (κ1) is 19.2. The smallest absolute Gasteiger partial charge is 0.273 e. The van der Waals surface area contributed by atoms with Crippen LogP contribution >= 0.6 is 11.6 Å². The minimum Gasteiger partial charge on any atom is -0.506 e. The summed E-state index contributed by atoms with van der Waals surface area (Å²) in [6.45, 7) is 0. The fourth-order valence-corrected chi connectivity index (χ4v) is 2.38. The molecule has 0 aromatic heterocycles. The number of nitrogens with one attached hydrogen (secondary N) is 1. The number of amides is 1. The number of ketones is 1. The van der Waals surface area contributed by atoms with Gasteiger partial charge in [0.15, 0.2) is 5.78 Å². The third-order valence-electron chi connectivity index (χ3n) is 3.51. The van der Waals surface area contributed by atoms with Crippen LogP contribution in [-0.4, -0.2) is 28.8 Å². The SMILES string of the molecule is COc1ccc(Cl)cc1C(=O)CCC(=O)Nc1ccc([N+](=O)[O-])cc1O. The largest absolute Gasteiger partial charge is 0.506 e. The zero-order valence-electron chi connectivity index (χ0n) is 13.7. The quantitative estimate of drug-likeness (QED) is 0.329. The van der Waals surface area contributed by atoms with Crippen LogP contribution in [0.3, 0.4) is 0 Å². The van der Waals surface area contributed by atoms with Crippen molar-refractivity contribution in [2.75, 3.05) is 12.4 Å². The predicted octanol–water partition coefficient (Wildman–Crippen LogP) is 3.56. The lowest BCUT2D eigenvalue weighted by atomic mass is 10.1.